The molecule has 0 saturated carbocycles. The molecule has 0 amide bonds. The summed E-state index contributed by atoms with van der Waals surface area (Å²) in [6, 6.07) is 8.80. The third kappa shape index (κ3) is 1.18. The first kappa shape index (κ1) is 10.1. The first-order valence-electron chi connectivity index (χ1n) is 5.79. The summed E-state index contributed by atoms with van der Waals surface area (Å²) in [6.45, 7) is 0. The summed E-state index contributed by atoms with van der Waals surface area (Å²) in [5, 5.41) is 12.6. The summed E-state index contributed by atoms with van der Waals surface area (Å²) in [5.74, 6) is 0. The van der Waals surface area contributed by atoms with Crippen molar-refractivity contribution in [2.24, 2.45) is 0 Å². The third-order valence-electron chi connectivity index (χ3n) is 3.42. The maximum absolute atomic E-state index is 11.1. The van der Waals surface area contributed by atoms with Crippen LogP contribution in [0.15, 0.2) is 42.7 Å². The molecule has 0 N–H and O–H groups in total. The Morgan fingerprint density at radius 1 is 0.947 bits per heavy atom. The van der Waals surface area contributed by atoms with Gasteiger partial charge in [-0.25, -0.2) is 0 Å². The highest BCUT2D eigenvalue weighted by Crippen LogP contribution is 2.46. The number of hydrogen-bond donors (Lipinski definition) is 0. The van der Waals surface area contributed by atoms with E-state index >= 15 is 0 Å². The lowest BCUT2D eigenvalue weighted by atomic mass is 10.0. The van der Waals surface area contributed by atoms with E-state index in [-0.39, 0.29) is 10.6 Å². The molecule has 1 heterocycles. The summed E-state index contributed by atoms with van der Waals surface area (Å²) in [4.78, 5) is 19.4. The van der Waals surface area contributed by atoms with Crippen molar-refractivity contribution in [2.45, 2.75) is 0 Å². The highest BCUT2D eigenvalue weighted by molar-refractivity contribution is 6.15. The molecule has 0 spiro atoms. The Kier molecular flexibility index (Phi) is 1.79. The number of hydrogen-bond acceptors (Lipinski definition) is 4. The Morgan fingerprint density at radius 3 is 2.32 bits per heavy atom. The van der Waals surface area contributed by atoms with Crippen LogP contribution in [-0.2, 0) is 0 Å². The molecular formula is C14H7N3O2. The SMILES string of the molecule is O=[N+]([O-])c1ccc2c3c(cccc13)-c1nccnc1-2. The van der Waals surface area contributed by atoms with Gasteiger partial charge in [-0.2, -0.15) is 0 Å². The number of aromatic nitrogens is 2. The summed E-state index contributed by atoms with van der Waals surface area (Å²) in [6.07, 6.45) is 3.27. The predicted octanol–water partition coefficient (Wildman–Crippen LogP) is 3.19. The molecule has 0 saturated heterocycles. The van der Waals surface area contributed by atoms with Crippen molar-refractivity contribution < 1.29 is 4.92 Å². The number of nitrogens with zero attached hydrogens (tertiary/aromatic N) is 3. The quantitative estimate of drug-likeness (QED) is 0.383. The molecule has 5 nitrogen and oxygen atoms in total. The van der Waals surface area contributed by atoms with E-state index < -0.39 is 0 Å². The van der Waals surface area contributed by atoms with Crippen LogP contribution in [0.4, 0.5) is 5.69 Å². The summed E-state index contributed by atoms with van der Waals surface area (Å²) in [7, 11) is 0. The van der Waals surface area contributed by atoms with Crippen molar-refractivity contribution in [1.29, 1.82) is 0 Å². The number of fused-ring (bicyclic) bond motifs is 3. The molecule has 0 fully saturated rings. The Balaban J connectivity index is 2.23. The zero-order valence-corrected chi connectivity index (χ0v) is 9.70. The van der Waals surface area contributed by atoms with Crippen LogP contribution in [0.1, 0.15) is 0 Å². The minimum absolute atomic E-state index is 0.119. The van der Waals surface area contributed by atoms with Gasteiger partial charge in [0.15, 0.2) is 0 Å². The molecule has 0 unspecified atom stereocenters. The Bertz CT molecular complexity index is 829. The lowest BCUT2D eigenvalue weighted by Crippen LogP contribution is -1.89. The number of benzene rings is 2. The van der Waals surface area contributed by atoms with Crippen molar-refractivity contribution in [3.05, 3.63) is 52.8 Å². The van der Waals surface area contributed by atoms with E-state index in [2.05, 4.69) is 9.97 Å². The van der Waals surface area contributed by atoms with E-state index in [1.807, 2.05) is 12.1 Å². The molecule has 0 radical (unpaired) electrons. The molecule has 4 rings (SSSR count). The molecule has 3 aromatic rings. The second kappa shape index (κ2) is 3.35. The average Bonchev–Trinajstić information content (AvgIpc) is 2.76. The van der Waals surface area contributed by atoms with Crippen LogP contribution in [0.2, 0.25) is 0 Å². The minimum Gasteiger partial charge on any atom is -0.258 e. The van der Waals surface area contributed by atoms with E-state index in [1.54, 1.807) is 24.5 Å². The van der Waals surface area contributed by atoms with Gasteiger partial charge in [0.25, 0.3) is 5.69 Å². The monoisotopic (exact) mass is 249 g/mol. The number of non-ortho nitro benzene ring substituents is 1. The van der Waals surface area contributed by atoms with Crippen LogP contribution in [0.25, 0.3) is 33.3 Å². The smallest absolute Gasteiger partial charge is 0.258 e. The first-order chi connectivity index (χ1) is 9.27. The summed E-state index contributed by atoms with van der Waals surface area (Å²) < 4.78 is 0. The zero-order chi connectivity index (χ0) is 13.0. The van der Waals surface area contributed by atoms with Gasteiger partial charge in [-0.15, -0.1) is 0 Å². The van der Waals surface area contributed by atoms with Gasteiger partial charge in [-0.1, -0.05) is 12.1 Å². The molecular weight excluding hydrogens is 242 g/mol. The maximum Gasteiger partial charge on any atom is 0.277 e. The van der Waals surface area contributed by atoms with Gasteiger partial charge in [0.2, 0.25) is 0 Å². The largest absolute Gasteiger partial charge is 0.277 e. The highest BCUT2D eigenvalue weighted by atomic mass is 16.6. The van der Waals surface area contributed by atoms with Crippen molar-refractivity contribution in [3.8, 4) is 22.5 Å². The maximum atomic E-state index is 11.1. The molecule has 1 aliphatic carbocycles. The molecule has 0 bridgehead atoms. The molecule has 0 atom stereocenters. The zero-order valence-electron chi connectivity index (χ0n) is 9.70. The van der Waals surface area contributed by atoms with Crippen molar-refractivity contribution >= 4 is 16.5 Å². The lowest BCUT2D eigenvalue weighted by Gasteiger charge is -2.02. The standard InChI is InChI=1S/C14H7N3O2/c18-17(19)11-5-4-10-12-8(11)2-1-3-9(12)13-14(10)16-7-6-15-13/h1-7H. The molecule has 5 heteroatoms. The number of nitro benzene ring substituents is 1. The van der Waals surface area contributed by atoms with Gasteiger partial charge in [-0.05, 0) is 12.1 Å². The fourth-order valence-electron chi connectivity index (χ4n) is 2.68. The first-order valence-corrected chi connectivity index (χ1v) is 5.79. The van der Waals surface area contributed by atoms with Crippen molar-refractivity contribution in [2.75, 3.05) is 0 Å². The third-order valence-corrected chi connectivity index (χ3v) is 3.42. The van der Waals surface area contributed by atoms with E-state index in [0.29, 0.717) is 5.39 Å². The molecule has 1 aromatic heterocycles. The molecule has 1 aliphatic rings. The van der Waals surface area contributed by atoms with E-state index in [1.165, 1.54) is 6.07 Å². The van der Waals surface area contributed by atoms with Gasteiger partial charge in [-0.3, -0.25) is 20.1 Å². The van der Waals surface area contributed by atoms with Gasteiger partial charge in [0.1, 0.15) is 0 Å². The molecule has 19 heavy (non-hydrogen) atoms. The topological polar surface area (TPSA) is 68.9 Å². The van der Waals surface area contributed by atoms with Gasteiger partial charge >= 0.3 is 0 Å². The minimum atomic E-state index is -0.354. The number of nitro groups is 1. The van der Waals surface area contributed by atoms with E-state index in [0.717, 1.165) is 27.9 Å². The second-order valence-electron chi connectivity index (χ2n) is 4.37. The van der Waals surface area contributed by atoms with E-state index in [4.69, 9.17) is 0 Å². The Hall–Kier alpha value is -2.82. The summed E-state index contributed by atoms with van der Waals surface area (Å²) >= 11 is 0. The molecule has 0 aliphatic heterocycles. The fourth-order valence-corrected chi connectivity index (χ4v) is 2.68. The van der Waals surface area contributed by atoms with Gasteiger partial charge < -0.3 is 0 Å². The second-order valence-corrected chi connectivity index (χ2v) is 4.37. The summed E-state index contributed by atoms with van der Waals surface area (Å²) in [5.41, 5.74) is 3.54. The van der Waals surface area contributed by atoms with Crippen LogP contribution in [0, 0.1) is 10.1 Å². The molecule has 2 aromatic carbocycles. The van der Waals surface area contributed by atoms with Crippen LogP contribution < -0.4 is 0 Å². The normalized spacial score (nSPS) is 11.6. The fraction of sp³-hybridized carbons (Fsp3) is 0. The lowest BCUT2D eigenvalue weighted by molar-refractivity contribution is -0.383. The molecule has 90 valence electrons. The van der Waals surface area contributed by atoms with Crippen LogP contribution in [-0.4, -0.2) is 14.9 Å². The van der Waals surface area contributed by atoms with E-state index in [9.17, 15) is 10.1 Å². The van der Waals surface area contributed by atoms with Crippen LogP contribution >= 0.6 is 0 Å². The Morgan fingerprint density at radius 2 is 1.63 bits per heavy atom. The van der Waals surface area contributed by atoms with Crippen molar-refractivity contribution in [1.82, 2.24) is 9.97 Å². The highest BCUT2D eigenvalue weighted by Gasteiger charge is 2.26. The van der Waals surface area contributed by atoms with Crippen molar-refractivity contribution in [3.63, 3.8) is 0 Å². The van der Waals surface area contributed by atoms with Gasteiger partial charge in [0.05, 0.1) is 21.7 Å². The number of rotatable bonds is 1. The van der Waals surface area contributed by atoms with Crippen LogP contribution in [0.3, 0.4) is 0 Å². The van der Waals surface area contributed by atoms with Crippen LogP contribution in [0.5, 0.6) is 0 Å². The average molecular weight is 249 g/mol. The Labute approximate surface area is 107 Å². The van der Waals surface area contributed by atoms with Gasteiger partial charge in [0, 0.05) is 35.0 Å². The predicted molar refractivity (Wildman–Crippen MR) is 70.6 cm³/mol.